The van der Waals surface area contributed by atoms with Gasteiger partial charge in [-0.2, -0.15) is 0 Å². The molecule has 0 fully saturated rings. The highest BCUT2D eigenvalue weighted by Crippen LogP contribution is 2.32. The Balaban J connectivity index is 2.29. The monoisotopic (exact) mass is 399 g/mol. The van der Waals surface area contributed by atoms with Gasteiger partial charge in [-0.15, -0.1) is 13.2 Å². The largest absolute Gasteiger partial charge is 0.573 e. The van der Waals surface area contributed by atoms with Gasteiger partial charge in [0.15, 0.2) is 5.75 Å². The minimum atomic E-state index is -5.01. The first-order valence-electron chi connectivity index (χ1n) is 5.75. The molecule has 120 valence electrons. The fourth-order valence-electron chi connectivity index (χ4n) is 1.57. The molecule has 0 saturated heterocycles. The van der Waals surface area contributed by atoms with Crippen molar-refractivity contribution < 1.29 is 30.7 Å². The lowest BCUT2D eigenvalue weighted by atomic mass is 10.3. The standard InChI is InChI=1S/C12H9BrF3NO4S/c13-8-3-4-11(10(6-8)21-12(14,15)16)22(18,19)17-7-9-2-1-5-20-9/h1-6,17H,7H2. The Bertz CT molecular complexity index is 744. The maximum Gasteiger partial charge on any atom is 0.573 e. The van der Waals surface area contributed by atoms with Crippen LogP contribution in [0.4, 0.5) is 13.2 Å². The van der Waals surface area contributed by atoms with Crippen molar-refractivity contribution in [3.05, 3.63) is 46.8 Å². The molecule has 1 heterocycles. The van der Waals surface area contributed by atoms with Gasteiger partial charge in [-0.3, -0.25) is 0 Å². The smallest absolute Gasteiger partial charge is 0.468 e. The fraction of sp³-hybridized carbons (Fsp3) is 0.167. The molecule has 0 unspecified atom stereocenters. The molecule has 22 heavy (non-hydrogen) atoms. The molecule has 0 atom stereocenters. The molecule has 0 aliphatic rings. The number of rotatable bonds is 5. The maximum absolute atomic E-state index is 12.4. The summed E-state index contributed by atoms with van der Waals surface area (Å²) in [5.41, 5.74) is 0. The van der Waals surface area contributed by atoms with Gasteiger partial charge >= 0.3 is 6.36 Å². The molecular formula is C12H9BrF3NO4S. The molecule has 0 aliphatic heterocycles. The second kappa shape index (κ2) is 6.31. The van der Waals surface area contributed by atoms with Crippen LogP contribution >= 0.6 is 15.9 Å². The van der Waals surface area contributed by atoms with Crippen LogP contribution < -0.4 is 9.46 Å². The third-order valence-corrected chi connectivity index (χ3v) is 4.37. The predicted octanol–water partition coefficient (Wildman–Crippen LogP) is 3.42. The van der Waals surface area contributed by atoms with E-state index >= 15 is 0 Å². The van der Waals surface area contributed by atoms with Crippen LogP contribution in [-0.2, 0) is 16.6 Å². The van der Waals surface area contributed by atoms with E-state index in [1.54, 1.807) is 6.07 Å². The number of hydrogen-bond acceptors (Lipinski definition) is 4. The van der Waals surface area contributed by atoms with Crippen molar-refractivity contribution in [2.75, 3.05) is 0 Å². The Kier molecular flexibility index (Phi) is 4.83. The predicted molar refractivity (Wildman–Crippen MR) is 73.6 cm³/mol. The van der Waals surface area contributed by atoms with Crippen molar-refractivity contribution in [2.45, 2.75) is 17.8 Å². The summed E-state index contributed by atoms with van der Waals surface area (Å²) in [7, 11) is -4.21. The van der Waals surface area contributed by atoms with Crippen molar-refractivity contribution in [1.29, 1.82) is 0 Å². The number of nitrogens with one attached hydrogen (secondary N) is 1. The number of alkyl halides is 3. The topological polar surface area (TPSA) is 68.5 Å². The number of benzene rings is 1. The van der Waals surface area contributed by atoms with Gasteiger partial charge in [-0.05, 0) is 30.3 Å². The SMILES string of the molecule is O=S(=O)(NCc1ccco1)c1ccc(Br)cc1OC(F)(F)F. The van der Waals surface area contributed by atoms with Crippen molar-refractivity contribution in [2.24, 2.45) is 0 Å². The molecular weight excluding hydrogens is 391 g/mol. The van der Waals surface area contributed by atoms with E-state index in [0.717, 1.165) is 12.1 Å². The zero-order valence-corrected chi connectivity index (χ0v) is 13.1. The lowest BCUT2D eigenvalue weighted by Crippen LogP contribution is -2.25. The Hall–Kier alpha value is -1.52. The summed E-state index contributed by atoms with van der Waals surface area (Å²) in [6.07, 6.45) is -3.66. The average molecular weight is 400 g/mol. The van der Waals surface area contributed by atoms with Crippen LogP contribution in [0.3, 0.4) is 0 Å². The molecule has 1 aromatic carbocycles. The highest BCUT2D eigenvalue weighted by molar-refractivity contribution is 9.10. The van der Waals surface area contributed by atoms with E-state index in [2.05, 4.69) is 25.4 Å². The van der Waals surface area contributed by atoms with Gasteiger partial charge in [-0.25, -0.2) is 13.1 Å². The molecule has 10 heteroatoms. The van der Waals surface area contributed by atoms with E-state index in [1.807, 2.05) is 0 Å². The van der Waals surface area contributed by atoms with Gasteiger partial charge in [0.2, 0.25) is 10.0 Å². The van der Waals surface area contributed by atoms with Crippen molar-refractivity contribution >= 4 is 26.0 Å². The van der Waals surface area contributed by atoms with Gasteiger partial charge < -0.3 is 9.15 Å². The summed E-state index contributed by atoms with van der Waals surface area (Å²) in [6, 6.07) is 6.31. The molecule has 0 bridgehead atoms. The Morgan fingerprint density at radius 3 is 2.59 bits per heavy atom. The molecule has 2 aromatic rings. The first-order valence-corrected chi connectivity index (χ1v) is 8.02. The normalized spacial score (nSPS) is 12.4. The van der Waals surface area contributed by atoms with E-state index in [1.165, 1.54) is 18.4 Å². The summed E-state index contributed by atoms with van der Waals surface area (Å²) in [5, 5.41) is 0. The molecule has 5 nitrogen and oxygen atoms in total. The second-order valence-corrected chi connectivity index (χ2v) is 6.69. The van der Waals surface area contributed by atoms with E-state index in [0.29, 0.717) is 5.76 Å². The number of ether oxygens (including phenoxy) is 1. The molecule has 0 amide bonds. The summed E-state index contributed by atoms with van der Waals surface area (Å²) >= 11 is 2.96. The van der Waals surface area contributed by atoms with Crippen LogP contribution in [-0.4, -0.2) is 14.8 Å². The van der Waals surface area contributed by atoms with Gasteiger partial charge in [0.05, 0.1) is 12.8 Å². The minimum Gasteiger partial charge on any atom is -0.468 e. The Morgan fingerprint density at radius 2 is 2.00 bits per heavy atom. The highest BCUT2D eigenvalue weighted by Gasteiger charge is 2.34. The number of furan rings is 1. The summed E-state index contributed by atoms with van der Waals surface area (Å²) in [4.78, 5) is -0.625. The van der Waals surface area contributed by atoms with E-state index in [-0.39, 0.29) is 11.0 Å². The summed E-state index contributed by atoms with van der Waals surface area (Å²) < 4.78 is 72.5. The lowest BCUT2D eigenvalue weighted by molar-refractivity contribution is -0.275. The second-order valence-electron chi connectivity index (χ2n) is 4.04. The van der Waals surface area contributed by atoms with Crippen LogP contribution in [0, 0.1) is 0 Å². The van der Waals surface area contributed by atoms with Gasteiger partial charge in [-0.1, -0.05) is 15.9 Å². The Labute approximate surface area is 132 Å². The number of halogens is 4. The highest BCUT2D eigenvalue weighted by atomic mass is 79.9. The van der Waals surface area contributed by atoms with Crippen LogP contribution in [0.2, 0.25) is 0 Å². The van der Waals surface area contributed by atoms with Crippen molar-refractivity contribution in [1.82, 2.24) is 4.72 Å². The zero-order valence-electron chi connectivity index (χ0n) is 10.7. The number of hydrogen-bond donors (Lipinski definition) is 1. The van der Waals surface area contributed by atoms with Gasteiger partial charge in [0.1, 0.15) is 10.7 Å². The first-order chi connectivity index (χ1) is 10.2. The van der Waals surface area contributed by atoms with E-state index in [9.17, 15) is 21.6 Å². The molecule has 0 aliphatic carbocycles. The number of sulfonamides is 1. The van der Waals surface area contributed by atoms with Crippen molar-refractivity contribution in [3.8, 4) is 5.75 Å². The maximum atomic E-state index is 12.4. The quantitative estimate of drug-likeness (QED) is 0.836. The minimum absolute atomic E-state index is 0.198. The van der Waals surface area contributed by atoms with Gasteiger partial charge in [0.25, 0.3) is 0 Å². The summed E-state index contributed by atoms with van der Waals surface area (Å²) in [6.45, 7) is -0.198. The van der Waals surface area contributed by atoms with Crippen LogP contribution in [0.5, 0.6) is 5.75 Å². The molecule has 2 rings (SSSR count). The molecule has 0 saturated carbocycles. The third kappa shape index (κ3) is 4.49. The van der Waals surface area contributed by atoms with Gasteiger partial charge in [0, 0.05) is 4.47 Å². The fourth-order valence-corrected chi connectivity index (χ4v) is 3.01. The van der Waals surface area contributed by atoms with E-state index < -0.39 is 27.0 Å². The first kappa shape index (κ1) is 16.8. The third-order valence-electron chi connectivity index (χ3n) is 2.44. The molecule has 1 N–H and O–H groups in total. The van der Waals surface area contributed by atoms with Crippen LogP contribution in [0.1, 0.15) is 5.76 Å². The zero-order chi connectivity index (χ0) is 16.4. The Morgan fingerprint density at radius 1 is 1.27 bits per heavy atom. The average Bonchev–Trinajstić information content (AvgIpc) is 2.87. The van der Waals surface area contributed by atoms with E-state index in [4.69, 9.17) is 4.42 Å². The van der Waals surface area contributed by atoms with Crippen molar-refractivity contribution in [3.63, 3.8) is 0 Å². The molecule has 0 radical (unpaired) electrons. The summed E-state index contributed by atoms with van der Waals surface area (Å²) in [5.74, 6) is -0.507. The molecule has 1 aromatic heterocycles. The lowest BCUT2D eigenvalue weighted by Gasteiger charge is -2.14. The van der Waals surface area contributed by atoms with Crippen LogP contribution in [0.15, 0.2) is 50.4 Å². The van der Waals surface area contributed by atoms with Crippen LogP contribution in [0.25, 0.3) is 0 Å². The molecule has 0 spiro atoms.